The van der Waals surface area contributed by atoms with E-state index in [2.05, 4.69) is 24.0 Å². The van der Waals surface area contributed by atoms with Gasteiger partial charge in [-0.3, -0.25) is 4.79 Å². The number of nitrogens with zero attached hydrogens (tertiary/aromatic N) is 3. The van der Waals surface area contributed by atoms with Crippen LogP contribution in [0.5, 0.6) is 5.75 Å². The highest BCUT2D eigenvalue weighted by atomic mass is 32.1. The predicted molar refractivity (Wildman–Crippen MR) is 105 cm³/mol. The molecule has 3 aromatic rings. The summed E-state index contributed by atoms with van der Waals surface area (Å²) >= 11 is 1.54. The minimum absolute atomic E-state index is 0.0270. The van der Waals surface area contributed by atoms with Gasteiger partial charge in [0.2, 0.25) is 11.7 Å². The molecule has 0 radical (unpaired) electrons. The maximum absolute atomic E-state index is 12.5. The molecule has 0 fully saturated rings. The van der Waals surface area contributed by atoms with Gasteiger partial charge in [-0.2, -0.15) is 4.98 Å². The Labute approximate surface area is 162 Å². The van der Waals surface area contributed by atoms with Crippen LogP contribution in [0.4, 0.5) is 0 Å². The first-order valence-electron chi connectivity index (χ1n) is 8.93. The van der Waals surface area contributed by atoms with Crippen molar-refractivity contribution in [3.05, 3.63) is 53.2 Å². The average Bonchev–Trinajstić information content (AvgIpc) is 3.36. The fraction of sp³-hybridized carbons (Fsp3) is 0.350. The lowest BCUT2D eigenvalue weighted by Crippen LogP contribution is -2.34. The number of carbonyl (C=O) groups is 1. The maximum Gasteiger partial charge on any atom is 0.260 e. The Morgan fingerprint density at radius 3 is 2.67 bits per heavy atom. The third-order valence-corrected chi connectivity index (χ3v) is 5.05. The molecule has 0 saturated heterocycles. The number of thiophene rings is 1. The number of likely N-dealkylation sites (N-methyl/N-ethyl adjacent to an activating group) is 1. The number of ether oxygens (including phenoxy) is 1. The summed E-state index contributed by atoms with van der Waals surface area (Å²) in [4.78, 5) is 19.4. The Balaban J connectivity index is 1.56. The molecule has 0 aliphatic carbocycles. The summed E-state index contributed by atoms with van der Waals surface area (Å²) in [6, 6.07) is 11.7. The molecular weight excluding hydrogens is 362 g/mol. The zero-order valence-electron chi connectivity index (χ0n) is 15.7. The van der Waals surface area contributed by atoms with E-state index >= 15 is 0 Å². The van der Waals surface area contributed by atoms with Crippen molar-refractivity contribution in [1.29, 1.82) is 0 Å². The van der Waals surface area contributed by atoms with Gasteiger partial charge in [0.15, 0.2) is 6.61 Å². The molecule has 1 aromatic carbocycles. The van der Waals surface area contributed by atoms with E-state index in [1.54, 1.807) is 16.2 Å². The molecule has 0 bridgehead atoms. The number of aromatic nitrogens is 2. The van der Waals surface area contributed by atoms with Gasteiger partial charge in [-0.05, 0) is 42.0 Å². The first-order chi connectivity index (χ1) is 13.1. The summed E-state index contributed by atoms with van der Waals surface area (Å²) in [5.74, 6) is 1.98. The van der Waals surface area contributed by atoms with Gasteiger partial charge in [0.05, 0.1) is 4.88 Å². The summed E-state index contributed by atoms with van der Waals surface area (Å²) in [6.07, 6.45) is 0. The number of benzene rings is 1. The Kier molecular flexibility index (Phi) is 6.24. The molecule has 27 heavy (non-hydrogen) atoms. The zero-order valence-corrected chi connectivity index (χ0v) is 16.5. The molecule has 142 valence electrons. The van der Waals surface area contributed by atoms with E-state index < -0.39 is 0 Å². The smallest absolute Gasteiger partial charge is 0.260 e. The molecule has 0 aliphatic heterocycles. The van der Waals surface area contributed by atoms with Crippen LogP contribution in [0.1, 0.15) is 38.1 Å². The van der Waals surface area contributed by atoms with Crippen molar-refractivity contribution >= 4 is 17.2 Å². The number of carbonyl (C=O) groups excluding carboxylic acids is 1. The summed E-state index contributed by atoms with van der Waals surface area (Å²) in [6.45, 7) is 6.96. The van der Waals surface area contributed by atoms with Crippen LogP contribution in [0, 0.1) is 0 Å². The Hall–Kier alpha value is -2.67. The second-order valence-corrected chi connectivity index (χ2v) is 7.36. The Morgan fingerprint density at radius 2 is 2.04 bits per heavy atom. The van der Waals surface area contributed by atoms with Gasteiger partial charge in [0.25, 0.3) is 5.91 Å². The van der Waals surface area contributed by atoms with Crippen molar-refractivity contribution in [1.82, 2.24) is 15.0 Å². The Morgan fingerprint density at radius 1 is 1.26 bits per heavy atom. The normalized spacial score (nSPS) is 11.0. The second kappa shape index (κ2) is 8.81. The molecule has 1 amide bonds. The highest BCUT2D eigenvalue weighted by Crippen LogP contribution is 2.22. The summed E-state index contributed by atoms with van der Waals surface area (Å²) in [5.41, 5.74) is 1.24. The fourth-order valence-electron chi connectivity index (χ4n) is 2.55. The third kappa shape index (κ3) is 4.95. The van der Waals surface area contributed by atoms with Crippen LogP contribution >= 0.6 is 11.3 Å². The van der Waals surface area contributed by atoms with Gasteiger partial charge >= 0.3 is 0 Å². The lowest BCUT2D eigenvalue weighted by molar-refractivity contribution is -0.134. The molecule has 0 atom stereocenters. The molecule has 0 N–H and O–H groups in total. The van der Waals surface area contributed by atoms with Crippen molar-refractivity contribution in [3.63, 3.8) is 0 Å². The lowest BCUT2D eigenvalue weighted by Gasteiger charge is -2.19. The summed E-state index contributed by atoms with van der Waals surface area (Å²) < 4.78 is 10.9. The molecule has 3 rings (SSSR count). The van der Waals surface area contributed by atoms with Gasteiger partial charge in [-0.1, -0.05) is 37.2 Å². The molecule has 2 heterocycles. The van der Waals surface area contributed by atoms with Gasteiger partial charge < -0.3 is 14.2 Å². The van der Waals surface area contributed by atoms with E-state index in [1.807, 2.05) is 48.7 Å². The van der Waals surface area contributed by atoms with Gasteiger partial charge in [-0.15, -0.1) is 11.3 Å². The zero-order chi connectivity index (χ0) is 19.2. The second-order valence-electron chi connectivity index (χ2n) is 6.41. The molecule has 6 nitrogen and oxygen atoms in total. The van der Waals surface area contributed by atoms with Crippen LogP contribution < -0.4 is 4.74 Å². The monoisotopic (exact) mass is 385 g/mol. The van der Waals surface area contributed by atoms with Crippen LogP contribution in [0.2, 0.25) is 0 Å². The van der Waals surface area contributed by atoms with E-state index in [1.165, 1.54) is 5.56 Å². The first-order valence-corrected chi connectivity index (χ1v) is 9.81. The molecule has 0 spiro atoms. The maximum atomic E-state index is 12.5. The van der Waals surface area contributed by atoms with Crippen molar-refractivity contribution in [3.8, 4) is 16.5 Å². The van der Waals surface area contributed by atoms with E-state index in [0.717, 1.165) is 4.88 Å². The minimum atomic E-state index is -0.124. The number of rotatable bonds is 8. The summed E-state index contributed by atoms with van der Waals surface area (Å²) in [7, 11) is 0. The van der Waals surface area contributed by atoms with E-state index in [0.29, 0.717) is 29.9 Å². The quantitative estimate of drug-likeness (QED) is 0.577. The van der Waals surface area contributed by atoms with Crippen molar-refractivity contribution in [2.24, 2.45) is 0 Å². The molecule has 7 heteroatoms. The minimum Gasteiger partial charge on any atom is -0.484 e. The lowest BCUT2D eigenvalue weighted by atomic mass is 10.0. The van der Waals surface area contributed by atoms with Crippen LogP contribution in [0.3, 0.4) is 0 Å². The number of hydrogen-bond acceptors (Lipinski definition) is 6. The van der Waals surface area contributed by atoms with Gasteiger partial charge in [0.1, 0.15) is 12.3 Å². The number of amides is 1. The number of hydrogen-bond donors (Lipinski definition) is 0. The highest BCUT2D eigenvalue weighted by Gasteiger charge is 2.17. The first kappa shape index (κ1) is 19.1. The van der Waals surface area contributed by atoms with E-state index in [9.17, 15) is 4.79 Å². The van der Waals surface area contributed by atoms with Crippen LogP contribution in [-0.2, 0) is 11.3 Å². The molecule has 0 unspecified atom stereocenters. The van der Waals surface area contributed by atoms with Crippen molar-refractivity contribution in [2.75, 3.05) is 13.2 Å². The van der Waals surface area contributed by atoms with Crippen LogP contribution in [-0.4, -0.2) is 34.1 Å². The van der Waals surface area contributed by atoms with Crippen molar-refractivity contribution in [2.45, 2.75) is 33.2 Å². The highest BCUT2D eigenvalue weighted by molar-refractivity contribution is 7.13. The average molecular weight is 385 g/mol. The fourth-order valence-corrected chi connectivity index (χ4v) is 3.20. The van der Waals surface area contributed by atoms with E-state index in [4.69, 9.17) is 9.26 Å². The van der Waals surface area contributed by atoms with Crippen LogP contribution in [0.15, 0.2) is 46.3 Å². The molecule has 0 aliphatic rings. The van der Waals surface area contributed by atoms with E-state index in [-0.39, 0.29) is 19.1 Å². The third-order valence-electron chi connectivity index (χ3n) is 4.18. The van der Waals surface area contributed by atoms with Crippen LogP contribution in [0.25, 0.3) is 10.7 Å². The molecule has 2 aromatic heterocycles. The SMILES string of the molecule is CCN(Cc1nc(-c2cccs2)no1)C(=O)COc1ccc(C(C)C)cc1. The molecule has 0 saturated carbocycles. The topological polar surface area (TPSA) is 68.5 Å². The van der Waals surface area contributed by atoms with Crippen molar-refractivity contribution < 1.29 is 14.1 Å². The van der Waals surface area contributed by atoms with Gasteiger partial charge in [0, 0.05) is 6.54 Å². The molecular formula is C20H23N3O3S. The Bertz CT molecular complexity index is 857. The predicted octanol–water partition coefficient (Wildman–Crippen LogP) is 4.35. The van der Waals surface area contributed by atoms with Gasteiger partial charge in [-0.25, -0.2) is 0 Å². The largest absolute Gasteiger partial charge is 0.484 e. The standard InChI is InChI=1S/C20H23N3O3S/c1-4-23(12-18-21-20(22-26-18)17-6-5-11-27-17)19(24)13-25-16-9-7-15(8-10-16)14(2)3/h5-11,14H,4,12-13H2,1-3H3. The summed E-state index contributed by atoms with van der Waals surface area (Å²) in [5, 5.41) is 5.93.